The van der Waals surface area contributed by atoms with E-state index in [-0.39, 0.29) is 11.9 Å². The molecule has 0 bridgehead atoms. The van der Waals surface area contributed by atoms with E-state index in [0.29, 0.717) is 31.7 Å². The molecule has 134 valence electrons. The predicted molar refractivity (Wildman–Crippen MR) is 92.4 cm³/mol. The molecule has 3 rings (SSSR count). The van der Waals surface area contributed by atoms with Crippen LogP contribution in [0.15, 0.2) is 30.7 Å². The Morgan fingerprint density at radius 2 is 2.20 bits per heavy atom. The number of hydrogen-bond donors (Lipinski definition) is 1. The maximum absolute atomic E-state index is 12.8. The molecule has 8 nitrogen and oxygen atoms in total. The van der Waals surface area contributed by atoms with Crippen LogP contribution in [0, 0.1) is 6.92 Å². The number of rotatable bonds is 5. The lowest BCUT2D eigenvalue weighted by atomic mass is 10.1. The summed E-state index contributed by atoms with van der Waals surface area (Å²) in [5, 5.41) is 0. The zero-order chi connectivity index (χ0) is 18.0. The van der Waals surface area contributed by atoms with Gasteiger partial charge in [0.15, 0.2) is 0 Å². The van der Waals surface area contributed by atoms with Crippen molar-refractivity contribution in [2.45, 2.75) is 25.9 Å². The minimum atomic E-state index is -3.23. The summed E-state index contributed by atoms with van der Waals surface area (Å²) in [4.78, 5) is 23.0. The first kappa shape index (κ1) is 17.6. The number of hydrogen-bond acceptors (Lipinski definition) is 5. The van der Waals surface area contributed by atoms with Gasteiger partial charge in [-0.05, 0) is 25.5 Å². The van der Waals surface area contributed by atoms with Gasteiger partial charge in [-0.15, -0.1) is 0 Å². The molecular weight excluding hydrogens is 342 g/mol. The van der Waals surface area contributed by atoms with Crippen LogP contribution in [-0.2, 0) is 16.6 Å². The molecular formula is C16H21N5O3S. The second kappa shape index (κ2) is 6.93. The summed E-state index contributed by atoms with van der Waals surface area (Å²) in [6, 6.07) is 5.34. The second-order valence-electron chi connectivity index (χ2n) is 6.25. The van der Waals surface area contributed by atoms with Crippen molar-refractivity contribution in [1.82, 2.24) is 24.2 Å². The van der Waals surface area contributed by atoms with Gasteiger partial charge in [0, 0.05) is 25.0 Å². The van der Waals surface area contributed by atoms with E-state index >= 15 is 0 Å². The average Bonchev–Trinajstić information content (AvgIpc) is 3.01. The van der Waals surface area contributed by atoms with E-state index in [1.807, 2.05) is 23.6 Å². The smallest absolute Gasteiger partial charge is 0.272 e. The molecule has 25 heavy (non-hydrogen) atoms. The summed E-state index contributed by atoms with van der Waals surface area (Å²) in [6.45, 7) is 3.11. The van der Waals surface area contributed by atoms with Crippen LogP contribution in [0.3, 0.4) is 0 Å². The lowest BCUT2D eigenvalue weighted by molar-refractivity contribution is 0.0668. The number of pyridine rings is 1. The Labute approximate surface area is 146 Å². The van der Waals surface area contributed by atoms with E-state index in [1.54, 1.807) is 23.5 Å². The molecule has 9 heteroatoms. The Bertz CT molecular complexity index is 877. The normalized spacial score (nSPS) is 17.4. The van der Waals surface area contributed by atoms with Crippen LogP contribution in [-0.4, -0.2) is 53.1 Å². The highest BCUT2D eigenvalue weighted by atomic mass is 32.2. The lowest BCUT2D eigenvalue weighted by Gasteiger charge is -2.34. The van der Waals surface area contributed by atoms with Crippen molar-refractivity contribution in [3.8, 4) is 0 Å². The zero-order valence-corrected chi connectivity index (χ0v) is 15.0. The van der Waals surface area contributed by atoms with E-state index < -0.39 is 10.0 Å². The first-order valence-electron chi connectivity index (χ1n) is 8.02. The predicted octanol–water partition coefficient (Wildman–Crippen LogP) is 0.723. The van der Waals surface area contributed by atoms with Gasteiger partial charge in [0.1, 0.15) is 5.69 Å². The molecule has 1 amide bonds. The maximum Gasteiger partial charge on any atom is 0.272 e. The third kappa shape index (κ3) is 4.23. The minimum absolute atomic E-state index is 0.0331. The fraction of sp³-hybridized carbons (Fsp3) is 0.438. The van der Waals surface area contributed by atoms with Gasteiger partial charge < -0.3 is 9.47 Å². The van der Waals surface area contributed by atoms with Gasteiger partial charge in [-0.1, -0.05) is 6.07 Å². The standard InChI is InChI=1S/C16H21N5O3S/c1-12-4-3-5-15(19-12)16(22)20-9-13(6-7-18-25(2,23)24)21-11-17-8-14(21)10-20/h3-5,8,11,13,18H,6-7,9-10H2,1-2H3/t13-/m1/s1. The highest BCUT2D eigenvalue weighted by Crippen LogP contribution is 2.24. The lowest BCUT2D eigenvalue weighted by Crippen LogP contribution is -2.42. The van der Waals surface area contributed by atoms with Crippen molar-refractivity contribution < 1.29 is 13.2 Å². The molecule has 2 aromatic rings. The van der Waals surface area contributed by atoms with Crippen molar-refractivity contribution in [3.63, 3.8) is 0 Å². The van der Waals surface area contributed by atoms with Gasteiger partial charge >= 0.3 is 0 Å². The van der Waals surface area contributed by atoms with Crippen LogP contribution in [0.5, 0.6) is 0 Å². The zero-order valence-electron chi connectivity index (χ0n) is 14.2. The van der Waals surface area contributed by atoms with Gasteiger partial charge in [-0.25, -0.2) is 23.1 Å². The molecule has 0 fully saturated rings. The Kier molecular flexibility index (Phi) is 4.87. The number of aryl methyl sites for hydroxylation is 1. The highest BCUT2D eigenvalue weighted by Gasteiger charge is 2.29. The van der Waals surface area contributed by atoms with Crippen molar-refractivity contribution in [2.75, 3.05) is 19.3 Å². The molecule has 1 N–H and O–H groups in total. The van der Waals surface area contributed by atoms with E-state index in [4.69, 9.17) is 0 Å². The molecule has 1 atom stereocenters. The van der Waals surface area contributed by atoms with Gasteiger partial charge in [0.05, 0.1) is 30.9 Å². The third-order valence-corrected chi connectivity index (χ3v) is 4.89. The molecule has 0 saturated carbocycles. The van der Waals surface area contributed by atoms with E-state index in [2.05, 4.69) is 14.7 Å². The molecule has 0 aliphatic carbocycles. The molecule has 0 unspecified atom stereocenters. The third-order valence-electron chi connectivity index (χ3n) is 4.16. The van der Waals surface area contributed by atoms with Gasteiger partial charge in [-0.2, -0.15) is 0 Å². The van der Waals surface area contributed by atoms with E-state index in [9.17, 15) is 13.2 Å². The summed E-state index contributed by atoms with van der Waals surface area (Å²) in [5.41, 5.74) is 2.14. The SMILES string of the molecule is Cc1cccc(C(=O)N2Cc3cncn3[C@H](CCNS(C)(=O)=O)C2)n1. The monoisotopic (exact) mass is 363 g/mol. The number of carbonyl (C=O) groups is 1. The Hall–Kier alpha value is -2.26. The Morgan fingerprint density at radius 1 is 1.40 bits per heavy atom. The molecule has 1 aliphatic heterocycles. The number of fused-ring (bicyclic) bond motifs is 1. The van der Waals surface area contributed by atoms with Gasteiger partial charge in [0.25, 0.3) is 5.91 Å². The van der Waals surface area contributed by atoms with Crippen molar-refractivity contribution >= 4 is 15.9 Å². The number of amides is 1. The highest BCUT2D eigenvalue weighted by molar-refractivity contribution is 7.88. The fourth-order valence-electron chi connectivity index (χ4n) is 3.01. The fourth-order valence-corrected chi connectivity index (χ4v) is 3.49. The number of carbonyl (C=O) groups excluding carboxylic acids is 1. The first-order valence-corrected chi connectivity index (χ1v) is 9.91. The number of nitrogens with zero attached hydrogens (tertiary/aromatic N) is 4. The molecule has 1 aliphatic rings. The van der Waals surface area contributed by atoms with Crippen molar-refractivity contribution in [2.24, 2.45) is 0 Å². The molecule has 2 aromatic heterocycles. The molecule has 3 heterocycles. The van der Waals surface area contributed by atoms with Crippen molar-refractivity contribution in [1.29, 1.82) is 0 Å². The Morgan fingerprint density at radius 3 is 2.92 bits per heavy atom. The molecule has 0 spiro atoms. The van der Waals surface area contributed by atoms with Crippen LogP contribution < -0.4 is 4.72 Å². The molecule has 0 radical (unpaired) electrons. The second-order valence-corrected chi connectivity index (χ2v) is 8.08. The van der Waals surface area contributed by atoms with Crippen LogP contribution in [0.1, 0.15) is 34.3 Å². The summed E-state index contributed by atoms with van der Waals surface area (Å²) in [6.07, 6.45) is 5.17. The number of nitrogens with one attached hydrogen (secondary N) is 1. The maximum atomic E-state index is 12.8. The quantitative estimate of drug-likeness (QED) is 0.844. The summed E-state index contributed by atoms with van der Waals surface area (Å²) < 4.78 is 27.0. The average molecular weight is 363 g/mol. The topological polar surface area (TPSA) is 97.2 Å². The van der Waals surface area contributed by atoms with Crippen LogP contribution in [0.4, 0.5) is 0 Å². The van der Waals surface area contributed by atoms with E-state index in [1.165, 1.54) is 0 Å². The van der Waals surface area contributed by atoms with Crippen LogP contribution in [0.25, 0.3) is 0 Å². The number of sulfonamides is 1. The minimum Gasteiger partial charge on any atom is -0.329 e. The van der Waals surface area contributed by atoms with Crippen molar-refractivity contribution in [3.05, 3.63) is 47.8 Å². The molecule has 0 saturated heterocycles. The summed E-state index contributed by atoms with van der Waals surface area (Å²) in [5.74, 6) is -0.128. The number of aromatic nitrogens is 3. The summed E-state index contributed by atoms with van der Waals surface area (Å²) >= 11 is 0. The number of imidazole rings is 1. The first-order chi connectivity index (χ1) is 11.8. The van der Waals surface area contributed by atoms with Gasteiger partial charge in [-0.3, -0.25) is 4.79 Å². The van der Waals surface area contributed by atoms with Crippen LogP contribution >= 0.6 is 0 Å². The molecule has 0 aromatic carbocycles. The van der Waals surface area contributed by atoms with Crippen LogP contribution in [0.2, 0.25) is 0 Å². The summed E-state index contributed by atoms with van der Waals surface area (Å²) in [7, 11) is -3.23. The Balaban J connectivity index is 1.76. The largest absolute Gasteiger partial charge is 0.329 e. The van der Waals surface area contributed by atoms with Gasteiger partial charge in [0.2, 0.25) is 10.0 Å². The van der Waals surface area contributed by atoms with E-state index in [0.717, 1.165) is 17.6 Å².